The predicted octanol–water partition coefficient (Wildman–Crippen LogP) is 3.30. The summed E-state index contributed by atoms with van der Waals surface area (Å²) in [6.45, 7) is 6.96. The van der Waals surface area contributed by atoms with Gasteiger partial charge in [0.15, 0.2) is 6.04 Å². The van der Waals surface area contributed by atoms with E-state index < -0.39 is 18.1 Å². The van der Waals surface area contributed by atoms with Crippen molar-refractivity contribution in [3.63, 3.8) is 0 Å². The van der Waals surface area contributed by atoms with Crippen molar-refractivity contribution in [2.24, 2.45) is 11.8 Å². The molecule has 1 aliphatic rings. The molecule has 1 aromatic rings. The van der Waals surface area contributed by atoms with Crippen LogP contribution in [0.15, 0.2) is 30.3 Å². The number of benzene rings is 1. The molecule has 1 saturated heterocycles. The quantitative estimate of drug-likeness (QED) is 0.813. The molecular weight excluding hydrogens is 334 g/mol. The summed E-state index contributed by atoms with van der Waals surface area (Å²) in [6.07, 6.45) is 0.925. The number of esters is 1. The number of carbonyl (C=O) groups excluding carboxylic acids is 2. The van der Waals surface area contributed by atoms with Gasteiger partial charge in [0.25, 0.3) is 0 Å². The first-order valence-corrected chi connectivity index (χ1v) is 9.21. The van der Waals surface area contributed by atoms with Gasteiger partial charge in [-0.05, 0) is 37.2 Å². The molecule has 1 aliphatic heterocycles. The first-order valence-electron chi connectivity index (χ1n) is 9.21. The van der Waals surface area contributed by atoms with Crippen molar-refractivity contribution in [1.82, 2.24) is 5.32 Å². The zero-order valence-corrected chi connectivity index (χ0v) is 15.8. The molecule has 0 aromatic heterocycles. The van der Waals surface area contributed by atoms with E-state index in [2.05, 4.69) is 19.2 Å². The van der Waals surface area contributed by atoms with Crippen LogP contribution in [0.5, 0.6) is 0 Å². The van der Waals surface area contributed by atoms with Gasteiger partial charge in [0.05, 0.1) is 6.61 Å². The third kappa shape index (κ3) is 6.67. The lowest BCUT2D eigenvalue weighted by Crippen LogP contribution is -2.46. The SMILES string of the molecule is CC(C)C[C@@H]1CCOC[C@H](NC(=O)OCc2ccccc2)C(=O)O[C@H]1C. The number of hydrogen-bond donors (Lipinski definition) is 1. The number of ether oxygens (including phenoxy) is 3. The molecule has 144 valence electrons. The Morgan fingerprint density at radius 3 is 2.73 bits per heavy atom. The molecule has 26 heavy (non-hydrogen) atoms. The van der Waals surface area contributed by atoms with Crippen molar-refractivity contribution in [3.8, 4) is 0 Å². The van der Waals surface area contributed by atoms with Gasteiger partial charge < -0.3 is 19.5 Å². The minimum absolute atomic E-state index is 0.0837. The van der Waals surface area contributed by atoms with Crippen molar-refractivity contribution in [2.45, 2.75) is 52.4 Å². The van der Waals surface area contributed by atoms with Gasteiger partial charge in [-0.25, -0.2) is 9.59 Å². The summed E-state index contributed by atoms with van der Waals surface area (Å²) in [7, 11) is 0. The first kappa shape index (κ1) is 20.2. The van der Waals surface area contributed by atoms with E-state index in [9.17, 15) is 9.59 Å². The maximum atomic E-state index is 12.4. The number of nitrogens with one attached hydrogen (secondary N) is 1. The Balaban J connectivity index is 1.87. The smallest absolute Gasteiger partial charge is 0.408 e. The fourth-order valence-corrected chi connectivity index (χ4v) is 3.02. The summed E-state index contributed by atoms with van der Waals surface area (Å²) >= 11 is 0. The van der Waals surface area contributed by atoms with Crippen molar-refractivity contribution in [3.05, 3.63) is 35.9 Å². The van der Waals surface area contributed by atoms with E-state index in [1.807, 2.05) is 37.3 Å². The van der Waals surface area contributed by atoms with Gasteiger partial charge >= 0.3 is 12.1 Å². The molecule has 0 aliphatic carbocycles. The Kier molecular flexibility index (Phi) is 7.91. The van der Waals surface area contributed by atoms with E-state index >= 15 is 0 Å². The highest BCUT2D eigenvalue weighted by Crippen LogP contribution is 2.23. The first-order chi connectivity index (χ1) is 12.5. The van der Waals surface area contributed by atoms with Crippen LogP contribution < -0.4 is 5.32 Å². The van der Waals surface area contributed by atoms with Gasteiger partial charge in [-0.2, -0.15) is 0 Å². The van der Waals surface area contributed by atoms with Gasteiger partial charge in [0.2, 0.25) is 0 Å². The second-order valence-electron chi connectivity index (χ2n) is 7.15. The van der Waals surface area contributed by atoms with Gasteiger partial charge in [-0.15, -0.1) is 0 Å². The molecule has 0 bridgehead atoms. The van der Waals surface area contributed by atoms with Crippen LogP contribution in [0.4, 0.5) is 4.79 Å². The number of rotatable bonds is 5. The highest BCUT2D eigenvalue weighted by atomic mass is 16.6. The maximum Gasteiger partial charge on any atom is 0.408 e. The number of cyclic esters (lactones) is 1. The third-order valence-electron chi connectivity index (χ3n) is 4.45. The van der Waals surface area contributed by atoms with E-state index in [1.165, 1.54) is 0 Å². The Hall–Kier alpha value is -2.08. The van der Waals surface area contributed by atoms with E-state index in [-0.39, 0.29) is 25.2 Å². The van der Waals surface area contributed by atoms with Crippen LogP contribution in [-0.4, -0.2) is 37.4 Å². The van der Waals surface area contributed by atoms with Crippen LogP contribution in [-0.2, 0) is 25.6 Å². The van der Waals surface area contributed by atoms with Crippen LogP contribution >= 0.6 is 0 Å². The Morgan fingerprint density at radius 1 is 1.31 bits per heavy atom. The molecule has 0 spiro atoms. The Labute approximate surface area is 155 Å². The zero-order chi connectivity index (χ0) is 18.9. The second kappa shape index (κ2) is 10.2. The topological polar surface area (TPSA) is 73.9 Å². The second-order valence-corrected chi connectivity index (χ2v) is 7.15. The highest BCUT2D eigenvalue weighted by molar-refractivity contribution is 5.81. The van der Waals surface area contributed by atoms with Crippen LogP contribution in [0.25, 0.3) is 0 Å². The van der Waals surface area contributed by atoms with E-state index in [0.717, 1.165) is 18.4 Å². The number of amides is 1. The molecule has 6 nitrogen and oxygen atoms in total. The average molecular weight is 363 g/mol. The number of alkyl carbamates (subject to hydrolysis) is 1. The largest absolute Gasteiger partial charge is 0.461 e. The summed E-state index contributed by atoms with van der Waals surface area (Å²) in [5.74, 6) is 0.288. The molecule has 6 heteroatoms. The fraction of sp³-hybridized carbons (Fsp3) is 0.600. The lowest BCUT2D eigenvalue weighted by atomic mass is 9.90. The molecule has 1 N–H and O–H groups in total. The molecule has 1 heterocycles. The summed E-state index contributed by atoms with van der Waals surface area (Å²) in [5.41, 5.74) is 0.876. The van der Waals surface area contributed by atoms with E-state index in [1.54, 1.807) is 0 Å². The van der Waals surface area contributed by atoms with Crippen molar-refractivity contribution in [2.75, 3.05) is 13.2 Å². The third-order valence-corrected chi connectivity index (χ3v) is 4.45. The van der Waals surface area contributed by atoms with Gasteiger partial charge in [-0.1, -0.05) is 44.2 Å². The predicted molar refractivity (Wildman–Crippen MR) is 97.5 cm³/mol. The van der Waals surface area contributed by atoms with Crippen LogP contribution in [0, 0.1) is 11.8 Å². The Morgan fingerprint density at radius 2 is 2.04 bits per heavy atom. The van der Waals surface area contributed by atoms with Gasteiger partial charge in [0.1, 0.15) is 12.7 Å². The summed E-state index contributed by atoms with van der Waals surface area (Å²) < 4.78 is 16.3. The molecule has 1 amide bonds. The van der Waals surface area contributed by atoms with Crippen LogP contribution in [0.3, 0.4) is 0 Å². The monoisotopic (exact) mass is 363 g/mol. The molecular formula is C20H29NO5. The minimum atomic E-state index is -0.862. The highest BCUT2D eigenvalue weighted by Gasteiger charge is 2.30. The van der Waals surface area contributed by atoms with Crippen molar-refractivity contribution < 1.29 is 23.8 Å². The van der Waals surface area contributed by atoms with Crippen LogP contribution in [0.2, 0.25) is 0 Å². The summed E-state index contributed by atoms with van der Waals surface area (Å²) in [6, 6.07) is 8.49. The molecule has 0 unspecified atom stereocenters. The average Bonchev–Trinajstić information content (AvgIpc) is 2.66. The van der Waals surface area contributed by atoms with Crippen molar-refractivity contribution >= 4 is 12.1 Å². The van der Waals surface area contributed by atoms with Gasteiger partial charge in [0, 0.05) is 6.61 Å². The standard InChI is InChI=1S/C20H29NO5/c1-14(2)11-17-9-10-24-13-18(19(22)26-15(17)3)21-20(23)25-12-16-7-5-4-6-8-16/h4-8,14-15,17-18H,9-13H2,1-3H3,(H,21,23)/t15-,17-,18-/m0/s1. The van der Waals surface area contributed by atoms with E-state index in [4.69, 9.17) is 14.2 Å². The van der Waals surface area contributed by atoms with Crippen molar-refractivity contribution in [1.29, 1.82) is 0 Å². The molecule has 0 radical (unpaired) electrons. The van der Waals surface area contributed by atoms with Crippen LogP contribution in [0.1, 0.15) is 39.2 Å². The number of hydrogen-bond acceptors (Lipinski definition) is 5. The lowest BCUT2D eigenvalue weighted by molar-refractivity contribution is -0.153. The number of carbonyl (C=O) groups is 2. The minimum Gasteiger partial charge on any atom is -0.461 e. The lowest BCUT2D eigenvalue weighted by Gasteiger charge is -2.25. The normalized spacial score (nSPS) is 24.2. The molecule has 1 aromatic carbocycles. The summed E-state index contributed by atoms with van der Waals surface area (Å²) in [4.78, 5) is 24.4. The molecule has 0 saturated carbocycles. The fourth-order valence-electron chi connectivity index (χ4n) is 3.02. The van der Waals surface area contributed by atoms with Gasteiger partial charge in [-0.3, -0.25) is 0 Å². The molecule has 1 fully saturated rings. The zero-order valence-electron chi connectivity index (χ0n) is 15.8. The van der Waals surface area contributed by atoms with E-state index in [0.29, 0.717) is 12.5 Å². The summed E-state index contributed by atoms with van der Waals surface area (Å²) in [5, 5.41) is 2.55. The maximum absolute atomic E-state index is 12.4. The Bertz CT molecular complexity index is 575. The molecule has 3 atom stereocenters. The molecule has 2 rings (SSSR count).